The first kappa shape index (κ1) is 28.9. The largest absolute Gasteiger partial charge is 0.473 e. The molecular formula is C30H39N3O5S. The van der Waals surface area contributed by atoms with Crippen LogP contribution < -0.4 is 15.2 Å². The number of carbonyl (C=O) groups is 2. The number of aromatic nitrogens is 2. The molecule has 39 heavy (non-hydrogen) atoms. The molecule has 0 atom stereocenters. The Kier molecular flexibility index (Phi) is 9.16. The smallest absolute Gasteiger partial charge is 0.350 e. The van der Waals surface area contributed by atoms with E-state index in [1.54, 1.807) is 6.07 Å². The van der Waals surface area contributed by atoms with Gasteiger partial charge in [-0.25, -0.2) is 9.89 Å². The summed E-state index contributed by atoms with van der Waals surface area (Å²) in [5.74, 6) is 7.05. The van der Waals surface area contributed by atoms with E-state index in [4.69, 9.17) is 9.47 Å². The second-order valence-corrected chi connectivity index (χ2v) is 12.8. The molecule has 1 N–H and O–H groups in total. The van der Waals surface area contributed by atoms with Gasteiger partial charge < -0.3 is 14.4 Å². The third-order valence-electron chi connectivity index (χ3n) is 7.46. The number of esters is 1. The van der Waals surface area contributed by atoms with Crippen molar-refractivity contribution < 1.29 is 19.1 Å². The lowest BCUT2D eigenvalue weighted by molar-refractivity contribution is -0.124. The van der Waals surface area contributed by atoms with Crippen molar-refractivity contribution in [3.63, 3.8) is 0 Å². The Morgan fingerprint density at radius 2 is 1.77 bits per heavy atom. The van der Waals surface area contributed by atoms with Crippen molar-refractivity contribution in [2.75, 3.05) is 12.0 Å². The van der Waals surface area contributed by atoms with Crippen LogP contribution in [0.15, 0.2) is 23.0 Å². The maximum Gasteiger partial charge on any atom is 0.350 e. The predicted molar refractivity (Wildman–Crippen MR) is 152 cm³/mol. The van der Waals surface area contributed by atoms with Gasteiger partial charge in [-0.1, -0.05) is 18.8 Å². The molecule has 8 nitrogen and oxygen atoms in total. The Morgan fingerprint density at radius 1 is 1.08 bits per heavy atom. The summed E-state index contributed by atoms with van der Waals surface area (Å²) in [7, 11) is 1.37. The van der Waals surface area contributed by atoms with Crippen LogP contribution >= 0.6 is 11.3 Å². The molecule has 1 amide bonds. The molecular weight excluding hydrogens is 514 g/mol. The Balaban J connectivity index is 1.62. The fourth-order valence-corrected chi connectivity index (χ4v) is 6.22. The molecule has 0 saturated heterocycles. The monoisotopic (exact) mass is 553 g/mol. The number of rotatable bonds is 6. The fourth-order valence-electron chi connectivity index (χ4n) is 5.30. The Labute approximate surface area is 234 Å². The topological polar surface area (TPSA) is 102 Å². The molecule has 2 aliphatic carbocycles. The van der Waals surface area contributed by atoms with Crippen LogP contribution in [0.25, 0.3) is 0 Å². The molecule has 2 aromatic rings. The lowest BCUT2D eigenvalue weighted by Crippen LogP contribution is -2.47. The Morgan fingerprint density at radius 3 is 2.36 bits per heavy atom. The van der Waals surface area contributed by atoms with Crippen molar-refractivity contribution in [2.45, 2.75) is 91.2 Å². The maximum absolute atomic E-state index is 14.2. The molecule has 0 radical (unpaired) electrons. The van der Waals surface area contributed by atoms with Gasteiger partial charge in [-0.2, -0.15) is 0 Å². The predicted octanol–water partition coefficient (Wildman–Crippen LogP) is 5.57. The van der Waals surface area contributed by atoms with Crippen LogP contribution in [0.3, 0.4) is 0 Å². The van der Waals surface area contributed by atoms with Gasteiger partial charge in [0.15, 0.2) is 0 Å². The zero-order valence-corrected chi connectivity index (χ0v) is 24.4. The number of amides is 1. The van der Waals surface area contributed by atoms with Crippen LogP contribution in [-0.4, -0.2) is 41.3 Å². The standard InChI is InChI=1S/C30H39N3O5S/c1-19-6-8-20(9-7-19)28(35)33(21-10-12-22(13-11-21)38-26-15-14-25(34)31-32-26)24-18-23(16-17-30(2,3)4)39-27(24)29(36)37-5/h14-15,18-22H,6-13H2,1-5H3,(H,31,34). The highest BCUT2D eigenvalue weighted by atomic mass is 32.1. The normalized spacial score (nSPS) is 23.3. The number of thiophene rings is 1. The minimum Gasteiger partial charge on any atom is -0.473 e. The van der Waals surface area contributed by atoms with Gasteiger partial charge in [0.1, 0.15) is 11.0 Å². The molecule has 2 heterocycles. The van der Waals surface area contributed by atoms with Crippen molar-refractivity contribution in [2.24, 2.45) is 17.3 Å². The summed E-state index contributed by atoms with van der Waals surface area (Å²) >= 11 is 1.29. The minimum absolute atomic E-state index is 0.0602. The maximum atomic E-state index is 14.2. The van der Waals surface area contributed by atoms with E-state index in [1.165, 1.54) is 24.5 Å². The van der Waals surface area contributed by atoms with Gasteiger partial charge in [0.25, 0.3) is 5.56 Å². The van der Waals surface area contributed by atoms with Gasteiger partial charge in [-0.3, -0.25) is 9.59 Å². The van der Waals surface area contributed by atoms with E-state index in [0.29, 0.717) is 22.4 Å². The number of nitrogens with one attached hydrogen (secondary N) is 1. The summed E-state index contributed by atoms with van der Waals surface area (Å²) in [4.78, 5) is 41.4. The van der Waals surface area contributed by atoms with Crippen LogP contribution in [0.4, 0.5) is 5.69 Å². The molecule has 210 valence electrons. The number of ether oxygens (including phenoxy) is 2. The van der Waals surface area contributed by atoms with E-state index in [-0.39, 0.29) is 34.9 Å². The Bertz CT molecular complexity index is 1260. The van der Waals surface area contributed by atoms with Crippen molar-refractivity contribution >= 4 is 28.9 Å². The molecule has 0 aliphatic heterocycles. The highest BCUT2D eigenvalue weighted by Gasteiger charge is 2.38. The van der Waals surface area contributed by atoms with Gasteiger partial charge in [0.05, 0.1) is 17.7 Å². The third kappa shape index (κ3) is 7.51. The van der Waals surface area contributed by atoms with Crippen molar-refractivity contribution in [3.05, 3.63) is 38.3 Å². The number of anilines is 1. The highest BCUT2D eigenvalue weighted by Crippen LogP contribution is 2.39. The fraction of sp³-hybridized carbons (Fsp3) is 0.600. The summed E-state index contributed by atoms with van der Waals surface area (Å²) in [5.41, 5.74) is 0.143. The molecule has 2 aromatic heterocycles. The molecule has 4 rings (SSSR count). The number of nitrogens with zero attached hydrogens (tertiary/aromatic N) is 2. The lowest BCUT2D eigenvalue weighted by Gasteiger charge is -2.39. The second-order valence-electron chi connectivity index (χ2n) is 11.8. The second kappa shape index (κ2) is 12.4. The summed E-state index contributed by atoms with van der Waals surface area (Å²) in [6.45, 7) is 8.36. The number of hydrogen-bond donors (Lipinski definition) is 1. The van der Waals surface area contributed by atoms with Crippen LogP contribution in [0, 0.1) is 29.1 Å². The molecule has 2 saturated carbocycles. The molecule has 0 unspecified atom stereocenters. The van der Waals surface area contributed by atoms with E-state index >= 15 is 0 Å². The minimum atomic E-state index is -0.449. The quantitative estimate of drug-likeness (QED) is 0.371. The van der Waals surface area contributed by atoms with Gasteiger partial charge in [0.2, 0.25) is 11.8 Å². The van der Waals surface area contributed by atoms with Gasteiger partial charge in [-0.15, -0.1) is 16.4 Å². The van der Waals surface area contributed by atoms with Crippen LogP contribution in [0.5, 0.6) is 5.88 Å². The third-order valence-corrected chi connectivity index (χ3v) is 8.48. The van der Waals surface area contributed by atoms with E-state index in [1.807, 2.05) is 31.7 Å². The summed E-state index contributed by atoms with van der Waals surface area (Å²) in [6.07, 6.45) is 6.63. The van der Waals surface area contributed by atoms with E-state index in [0.717, 1.165) is 56.2 Å². The van der Waals surface area contributed by atoms with Crippen molar-refractivity contribution in [1.29, 1.82) is 0 Å². The molecule has 0 spiro atoms. The summed E-state index contributed by atoms with van der Waals surface area (Å²) < 4.78 is 11.1. The zero-order chi connectivity index (χ0) is 28.2. The van der Waals surface area contributed by atoms with Crippen LogP contribution in [0.2, 0.25) is 0 Å². The Hall–Kier alpha value is -3.12. The van der Waals surface area contributed by atoms with E-state index in [9.17, 15) is 14.4 Å². The number of H-pyrrole nitrogens is 1. The average molecular weight is 554 g/mol. The summed E-state index contributed by atoms with van der Waals surface area (Å²) in [5, 5.41) is 6.36. The van der Waals surface area contributed by atoms with Gasteiger partial charge in [0, 0.05) is 29.5 Å². The van der Waals surface area contributed by atoms with E-state index < -0.39 is 5.97 Å². The van der Waals surface area contributed by atoms with Gasteiger partial charge >= 0.3 is 5.97 Å². The van der Waals surface area contributed by atoms with Crippen molar-refractivity contribution in [1.82, 2.24) is 10.2 Å². The molecule has 0 bridgehead atoms. The number of hydrogen-bond acceptors (Lipinski definition) is 7. The molecule has 9 heteroatoms. The number of aromatic amines is 1. The van der Waals surface area contributed by atoms with Crippen molar-refractivity contribution in [3.8, 4) is 17.7 Å². The first-order valence-corrected chi connectivity index (χ1v) is 14.7. The van der Waals surface area contributed by atoms with Crippen LogP contribution in [0.1, 0.15) is 93.6 Å². The van der Waals surface area contributed by atoms with Gasteiger partial charge in [-0.05, 0) is 84.1 Å². The van der Waals surface area contributed by atoms with E-state index in [2.05, 4.69) is 29.0 Å². The number of carbonyl (C=O) groups excluding carboxylic acids is 2. The molecule has 2 aliphatic rings. The lowest BCUT2D eigenvalue weighted by atomic mass is 9.81. The van der Waals surface area contributed by atoms with Crippen LogP contribution in [-0.2, 0) is 9.53 Å². The summed E-state index contributed by atoms with van der Waals surface area (Å²) in [6, 6.07) is 4.79. The number of methoxy groups -OCH3 is 1. The first-order chi connectivity index (χ1) is 18.5. The zero-order valence-electron chi connectivity index (χ0n) is 23.5. The first-order valence-electron chi connectivity index (χ1n) is 13.8. The highest BCUT2D eigenvalue weighted by molar-refractivity contribution is 7.15. The molecule has 0 aromatic carbocycles. The SMILES string of the molecule is COC(=O)c1sc(C#CC(C)(C)C)cc1N(C(=O)C1CCC(C)CC1)C1CCC(Oc2ccc(=O)[nH]n2)CC1. The average Bonchev–Trinajstić information content (AvgIpc) is 3.33. The molecule has 2 fully saturated rings.